The molecule has 0 aliphatic heterocycles. The van der Waals surface area contributed by atoms with Crippen molar-refractivity contribution in [2.24, 2.45) is 0 Å². The molecule has 22 heavy (non-hydrogen) atoms. The second-order valence-corrected chi connectivity index (χ2v) is 5.15. The third-order valence-corrected chi connectivity index (χ3v) is 3.08. The summed E-state index contributed by atoms with van der Waals surface area (Å²) in [6.07, 6.45) is 2.79. The van der Waals surface area contributed by atoms with Crippen LogP contribution in [0.4, 0.5) is 8.78 Å². The minimum atomic E-state index is -0.562. The van der Waals surface area contributed by atoms with E-state index in [1.165, 1.54) is 18.5 Å². The number of amides is 1. The zero-order valence-corrected chi connectivity index (χ0v) is 12.4. The molecule has 0 spiro atoms. The van der Waals surface area contributed by atoms with Gasteiger partial charge in [-0.3, -0.25) is 9.78 Å². The highest BCUT2D eigenvalue weighted by molar-refractivity contribution is 5.95. The summed E-state index contributed by atoms with van der Waals surface area (Å²) in [7, 11) is 3.81. The largest absolute Gasteiger partial charge is 0.351 e. The van der Waals surface area contributed by atoms with E-state index < -0.39 is 11.6 Å². The molecule has 1 aromatic carbocycles. The highest BCUT2D eigenvalue weighted by atomic mass is 19.1. The van der Waals surface area contributed by atoms with E-state index in [0.717, 1.165) is 18.2 Å². The van der Waals surface area contributed by atoms with Crippen LogP contribution in [0.2, 0.25) is 0 Å². The second-order valence-electron chi connectivity index (χ2n) is 5.15. The molecular weight excluding hydrogens is 288 g/mol. The minimum absolute atomic E-state index is 0.0791. The lowest BCUT2D eigenvalue weighted by Gasteiger charge is -2.11. The van der Waals surface area contributed by atoms with Gasteiger partial charge in [-0.1, -0.05) is 0 Å². The third-order valence-electron chi connectivity index (χ3n) is 3.08. The molecule has 1 N–H and O–H groups in total. The smallest absolute Gasteiger partial charge is 0.252 e. The molecule has 0 saturated heterocycles. The number of nitrogens with zero attached hydrogens (tertiary/aromatic N) is 2. The zero-order valence-electron chi connectivity index (χ0n) is 12.4. The van der Waals surface area contributed by atoms with Crippen LogP contribution < -0.4 is 5.32 Å². The Morgan fingerprint density at radius 1 is 1.23 bits per heavy atom. The van der Waals surface area contributed by atoms with Crippen molar-refractivity contribution in [2.45, 2.75) is 0 Å². The van der Waals surface area contributed by atoms with Gasteiger partial charge in [-0.05, 0) is 38.4 Å². The molecule has 116 valence electrons. The molecule has 0 unspecified atom stereocenters. The number of hydrogen-bond acceptors (Lipinski definition) is 3. The van der Waals surface area contributed by atoms with Crippen molar-refractivity contribution in [3.8, 4) is 11.1 Å². The van der Waals surface area contributed by atoms with E-state index in [1.807, 2.05) is 19.0 Å². The van der Waals surface area contributed by atoms with E-state index >= 15 is 0 Å². The molecule has 1 heterocycles. The maximum atomic E-state index is 13.8. The molecule has 0 aliphatic carbocycles. The van der Waals surface area contributed by atoms with Gasteiger partial charge >= 0.3 is 0 Å². The molecule has 0 atom stereocenters. The van der Waals surface area contributed by atoms with E-state index in [4.69, 9.17) is 0 Å². The van der Waals surface area contributed by atoms with Crippen LogP contribution in [0.15, 0.2) is 36.7 Å². The molecule has 0 bridgehead atoms. The van der Waals surface area contributed by atoms with Crippen molar-refractivity contribution in [3.63, 3.8) is 0 Å². The third kappa shape index (κ3) is 4.08. The Kier molecular flexibility index (Phi) is 5.16. The first kappa shape index (κ1) is 16.0. The number of aromatic nitrogens is 1. The molecule has 0 radical (unpaired) electrons. The fraction of sp³-hybridized carbons (Fsp3) is 0.250. The Morgan fingerprint density at radius 2 is 2.00 bits per heavy atom. The molecule has 0 aliphatic rings. The fourth-order valence-electron chi connectivity index (χ4n) is 1.93. The molecule has 2 aromatic rings. The van der Waals surface area contributed by atoms with Gasteiger partial charge in [-0.2, -0.15) is 0 Å². The van der Waals surface area contributed by atoms with Gasteiger partial charge in [0.05, 0.1) is 5.56 Å². The number of likely N-dealkylation sites (N-methyl/N-ethyl adjacent to an activating group) is 1. The van der Waals surface area contributed by atoms with Crippen LogP contribution in [0.1, 0.15) is 10.4 Å². The first-order chi connectivity index (χ1) is 10.5. The average molecular weight is 305 g/mol. The van der Waals surface area contributed by atoms with E-state index in [-0.39, 0.29) is 11.5 Å². The lowest BCUT2D eigenvalue weighted by Crippen LogP contribution is -2.31. The molecule has 0 fully saturated rings. The SMILES string of the molecule is CN(C)CCNC(=O)c1cncc(-c2cc(F)ccc2F)c1. The topological polar surface area (TPSA) is 45.2 Å². The highest BCUT2D eigenvalue weighted by Crippen LogP contribution is 2.23. The van der Waals surface area contributed by atoms with Crippen molar-refractivity contribution in [1.29, 1.82) is 0 Å². The van der Waals surface area contributed by atoms with Crippen LogP contribution in [-0.4, -0.2) is 43.0 Å². The van der Waals surface area contributed by atoms with Crippen LogP contribution in [0, 0.1) is 11.6 Å². The lowest BCUT2D eigenvalue weighted by atomic mass is 10.0. The highest BCUT2D eigenvalue weighted by Gasteiger charge is 2.11. The summed E-state index contributed by atoms with van der Waals surface area (Å²) >= 11 is 0. The van der Waals surface area contributed by atoms with Crippen molar-refractivity contribution >= 4 is 5.91 Å². The molecule has 1 aromatic heterocycles. The summed E-state index contributed by atoms with van der Waals surface area (Å²) in [5.41, 5.74) is 0.743. The average Bonchev–Trinajstić information content (AvgIpc) is 2.49. The van der Waals surface area contributed by atoms with Crippen LogP contribution in [0.25, 0.3) is 11.1 Å². The van der Waals surface area contributed by atoms with E-state index in [0.29, 0.717) is 24.2 Å². The minimum Gasteiger partial charge on any atom is -0.351 e. The van der Waals surface area contributed by atoms with Gasteiger partial charge in [0.1, 0.15) is 11.6 Å². The summed E-state index contributed by atoms with van der Waals surface area (Å²) in [4.78, 5) is 17.9. The van der Waals surface area contributed by atoms with E-state index in [1.54, 1.807) is 0 Å². The Balaban J connectivity index is 2.19. The molecule has 1 amide bonds. The normalized spacial score (nSPS) is 10.8. The van der Waals surface area contributed by atoms with Crippen LogP contribution in [0.5, 0.6) is 0 Å². The number of benzene rings is 1. The van der Waals surface area contributed by atoms with Gasteiger partial charge in [0.25, 0.3) is 5.91 Å². The molecule has 2 rings (SSSR count). The molecular formula is C16H17F2N3O. The summed E-state index contributed by atoms with van der Waals surface area (Å²) < 4.78 is 27.0. The summed E-state index contributed by atoms with van der Waals surface area (Å²) in [5, 5.41) is 2.75. The number of carbonyl (C=O) groups is 1. The van der Waals surface area contributed by atoms with Crippen LogP contribution in [0.3, 0.4) is 0 Å². The number of nitrogens with one attached hydrogen (secondary N) is 1. The Morgan fingerprint density at radius 3 is 2.73 bits per heavy atom. The first-order valence-electron chi connectivity index (χ1n) is 6.81. The van der Waals surface area contributed by atoms with Crippen molar-refractivity contribution < 1.29 is 13.6 Å². The van der Waals surface area contributed by atoms with Gasteiger partial charge in [-0.15, -0.1) is 0 Å². The summed E-state index contributed by atoms with van der Waals surface area (Å²) in [6, 6.07) is 4.68. The predicted octanol–water partition coefficient (Wildman–Crippen LogP) is 2.32. The number of halogens is 2. The number of rotatable bonds is 5. The number of pyridine rings is 1. The van der Waals surface area contributed by atoms with Gasteiger partial charge in [0, 0.05) is 36.6 Å². The molecule has 0 saturated carbocycles. The molecule has 6 heteroatoms. The monoisotopic (exact) mass is 305 g/mol. The van der Waals surface area contributed by atoms with Crippen LogP contribution >= 0.6 is 0 Å². The number of carbonyl (C=O) groups excluding carboxylic acids is 1. The number of hydrogen-bond donors (Lipinski definition) is 1. The van der Waals surface area contributed by atoms with Gasteiger partial charge in [-0.25, -0.2) is 8.78 Å². The zero-order chi connectivity index (χ0) is 16.1. The van der Waals surface area contributed by atoms with E-state index in [9.17, 15) is 13.6 Å². The van der Waals surface area contributed by atoms with Crippen molar-refractivity contribution in [2.75, 3.05) is 27.2 Å². The van der Waals surface area contributed by atoms with E-state index in [2.05, 4.69) is 10.3 Å². The fourth-order valence-corrected chi connectivity index (χ4v) is 1.93. The standard InChI is InChI=1S/C16H17F2N3O/c1-21(2)6-5-20-16(22)12-7-11(9-19-10-12)14-8-13(17)3-4-15(14)18/h3-4,7-10H,5-6H2,1-2H3,(H,20,22). The Hall–Kier alpha value is -2.34. The first-order valence-corrected chi connectivity index (χ1v) is 6.81. The molecule has 4 nitrogen and oxygen atoms in total. The van der Waals surface area contributed by atoms with Gasteiger partial charge in [0.2, 0.25) is 0 Å². The van der Waals surface area contributed by atoms with Crippen molar-refractivity contribution in [1.82, 2.24) is 15.2 Å². The second kappa shape index (κ2) is 7.09. The lowest BCUT2D eigenvalue weighted by molar-refractivity contribution is 0.0950. The van der Waals surface area contributed by atoms with Crippen molar-refractivity contribution in [3.05, 3.63) is 53.9 Å². The Bertz CT molecular complexity index is 674. The maximum absolute atomic E-state index is 13.8. The Labute approximate surface area is 127 Å². The summed E-state index contributed by atoms with van der Waals surface area (Å²) in [5.74, 6) is -1.40. The quantitative estimate of drug-likeness (QED) is 0.922. The van der Waals surface area contributed by atoms with Crippen LogP contribution in [-0.2, 0) is 0 Å². The van der Waals surface area contributed by atoms with Gasteiger partial charge in [0.15, 0.2) is 0 Å². The summed E-state index contributed by atoms with van der Waals surface area (Å²) in [6.45, 7) is 1.20. The maximum Gasteiger partial charge on any atom is 0.252 e. The van der Waals surface area contributed by atoms with Gasteiger partial charge < -0.3 is 10.2 Å². The predicted molar refractivity (Wildman–Crippen MR) is 80.5 cm³/mol.